The average Bonchev–Trinajstić information content (AvgIpc) is 2.96. The maximum Gasteiger partial charge on any atom is 0.147 e. The summed E-state index contributed by atoms with van der Waals surface area (Å²) in [6.45, 7) is 4.12. The molecule has 3 rings (SSSR count). The van der Waals surface area contributed by atoms with Crippen LogP contribution in [0.3, 0.4) is 0 Å². The Morgan fingerprint density at radius 3 is 2.83 bits per heavy atom. The van der Waals surface area contributed by atoms with Crippen molar-refractivity contribution in [3.8, 4) is 0 Å². The van der Waals surface area contributed by atoms with E-state index >= 15 is 0 Å². The zero-order valence-electron chi connectivity index (χ0n) is 11.2. The van der Waals surface area contributed by atoms with E-state index in [0.29, 0.717) is 0 Å². The molecule has 0 amide bonds. The molecule has 3 heterocycles. The molecule has 0 spiro atoms. The average molecular weight is 248 g/mol. The second kappa shape index (κ2) is 5.31. The van der Waals surface area contributed by atoms with Gasteiger partial charge in [0.25, 0.3) is 0 Å². The van der Waals surface area contributed by atoms with Crippen LogP contribution in [0.5, 0.6) is 0 Å². The fourth-order valence-electron chi connectivity index (χ4n) is 3.45. The lowest BCUT2D eigenvalue weighted by atomic mass is 9.90. The third kappa shape index (κ3) is 2.69. The van der Waals surface area contributed by atoms with Gasteiger partial charge in [0.05, 0.1) is 0 Å². The van der Waals surface area contributed by atoms with Crippen LogP contribution in [0.15, 0.2) is 12.3 Å². The second-order valence-corrected chi connectivity index (χ2v) is 5.75. The molecular formula is C14H24N4. The summed E-state index contributed by atoms with van der Waals surface area (Å²) in [6.07, 6.45) is 8.87. The van der Waals surface area contributed by atoms with Gasteiger partial charge in [-0.25, -0.2) is 0 Å². The van der Waals surface area contributed by atoms with E-state index in [1.54, 1.807) is 0 Å². The number of hydrogen-bond acceptors (Lipinski definition) is 3. The van der Waals surface area contributed by atoms with Crippen LogP contribution < -0.4 is 10.6 Å². The first-order chi connectivity index (χ1) is 8.83. The molecule has 2 fully saturated rings. The number of anilines is 1. The van der Waals surface area contributed by atoms with Gasteiger partial charge in [0.2, 0.25) is 0 Å². The second-order valence-electron chi connectivity index (χ2n) is 5.75. The minimum absolute atomic E-state index is 0.813. The molecule has 4 heteroatoms. The van der Waals surface area contributed by atoms with Crippen LogP contribution in [0.2, 0.25) is 0 Å². The topological polar surface area (TPSA) is 41.9 Å². The lowest BCUT2D eigenvalue weighted by molar-refractivity contribution is 0.290. The third-order valence-electron chi connectivity index (χ3n) is 4.39. The van der Waals surface area contributed by atoms with Gasteiger partial charge >= 0.3 is 0 Å². The summed E-state index contributed by atoms with van der Waals surface area (Å²) in [5.41, 5.74) is 0. The van der Waals surface area contributed by atoms with Crippen LogP contribution in [0, 0.1) is 5.92 Å². The standard InChI is InChI=1S/C14H24N4/c1-2-18-8-6-14(17-18)15-7-5-11-9-12-3-4-13(10-11)16-12/h6,8,11-13,16H,2-5,7,9-10H2,1H3,(H,15,17). The lowest BCUT2D eigenvalue weighted by Crippen LogP contribution is -2.38. The quantitative estimate of drug-likeness (QED) is 0.839. The monoisotopic (exact) mass is 248 g/mol. The molecule has 4 nitrogen and oxygen atoms in total. The summed E-state index contributed by atoms with van der Waals surface area (Å²) in [5.74, 6) is 1.93. The van der Waals surface area contributed by atoms with E-state index in [2.05, 4.69) is 28.7 Å². The predicted octanol–water partition coefficient (Wildman–Crippen LogP) is 2.24. The predicted molar refractivity (Wildman–Crippen MR) is 73.7 cm³/mol. The summed E-state index contributed by atoms with van der Waals surface area (Å²) < 4.78 is 1.97. The van der Waals surface area contributed by atoms with Crippen molar-refractivity contribution in [3.63, 3.8) is 0 Å². The van der Waals surface area contributed by atoms with Crippen molar-refractivity contribution in [2.75, 3.05) is 11.9 Å². The van der Waals surface area contributed by atoms with Crippen LogP contribution >= 0.6 is 0 Å². The number of nitrogens with zero attached hydrogens (tertiary/aromatic N) is 2. The highest BCUT2D eigenvalue weighted by molar-refractivity contribution is 5.31. The summed E-state index contributed by atoms with van der Waals surface area (Å²) in [4.78, 5) is 0. The van der Waals surface area contributed by atoms with Crippen LogP contribution in [0.25, 0.3) is 0 Å². The van der Waals surface area contributed by atoms with E-state index in [-0.39, 0.29) is 0 Å². The van der Waals surface area contributed by atoms with Crippen molar-refractivity contribution in [2.24, 2.45) is 5.92 Å². The number of rotatable bonds is 5. The van der Waals surface area contributed by atoms with E-state index < -0.39 is 0 Å². The summed E-state index contributed by atoms with van der Waals surface area (Å²) in [5, 5.41) is 11.6. The zero-order valence-corrected chi connectivity index (χ0v) is 11.2. The van der Waals surface area contributed by atoms with E-state index in [4.69, 9.17) is 0 Å². The Morgan fingerprint density at radius 1 is 1.39 bits per heavy atom. The van der Waals surface area contributed by atoms with Crippen LogP contribution in [-0.2, 0) is 6.54 Å². The van der Waals surface area contributed by atoms with Crippen molar-refractivity contribution < 1.29 is 0 Å². The number of nitrogens with one attached hydrogen (secondary N) is 2. The maximum absolute atomic E-state index is 4.45. The van der Waals surface area contributed by atoms with Crippen molar-refractivity contribution >= 4 is 5.82 Å². The Balaban J connectivity index is 1.42. The first-order valence-electron chi connectivity index (χ1n) is 7.37. The number of fused-ring (bicyclic) bond motifs is 2. The lowest BCUT2D eigenvalue weighted by Gasteiger charge is -2.29. The first kappa shape index (κ1) is 12.0. The van der Waals surface area contributed by atoms with E-state index in [0.717, 1.165) is 36.9 Å². The van der Waals surface area contributed by atoms with Gasteiger partial charge in [-0.1, -0.05) is 0 Å². The molecule has 100 valence electrons. The normalized spacial score (nSPS) is 30.6. The van der Waals surface area contributed by atoms with Crippen molar-refractivity contribution in [2.45, 2.75) is 57.7 Å². The van der Waals surface area contributed by atoms with Gasteiger partial charge < -0.3 is 10.6 Å². The van der Waals surface area contributed by atoms with Gasteiger partial charge in [-0.2, -0.15) is 5.10 Å². The van der Waals surface area contributed by atoms with Crippen LogP contribution in [0.4, 0.5) is 5.82 Å². The number of hydrogen-bond donors (Lipinski definition) is 2. The van der Waals surface area contributed by atoms with Crippen LogP contribution in [-0.4, -0.2) is 28.4 Å². The van der Waals surface area contributed by atoms with Gasteiger partial charge in [0.15, 0.2) is 0 Å². The highest BCUT2D eigenvalue weighted by atomic mass is 15.3. The number of piperidine rings is 1. The van der Waals surface area contributed by atoms with E-state index in [9.17, 15) is 0 Å². The molecule has 2 unspecified atom stereocenters. The molecule has 0 aromatic carbocycles. The highest BCUT2D eigenvalue weighted by Crippen LogP contribution is 2.32. The fraction of sp³-hybridized carbons (Fsp3) is 0.786. The summed E-state index contributed by atoms with van der Waals surface area (Å²) >= 11 is 0. The molecule has 18 heavy (non-hydrogen) atoms. The Hall–Kier alpha value is -1.03. The molecule has 1 aromatic heterocycles. The molecule has 1 aromatic rings. The van der Waals surface area contributed by atoms with Gasteiger partial charge in [0.1, 0.15) is 5.82 Å². The minimum Gasteiger partial charge on any atom is -0.369 e. The molecular weight excluding hydrogens is 224 g/mol. The molecule has 2 saturated heterocycles. The Kier molecular flexibility index (Phi) is 3.55. The van der Waals surface area contributed by atoms with E-state index in [1.807, 2.05) is 10.9 Å². The molecule has 2 aliphatic rings. The highest BCUT2D eigenvalue weighted by Gasteiger charge is 2.32. The number of aromatic nitrogens is 2. The number of aryl methyl sites for hydroxylation is 1. The zero-order chi connectivity index (χ0) is 12.4. The Morgan fingerprint density at radius 2 is 2.17 bits per heavy atom. The SMILES string of the molecule is CCn1ccc(NCCC2CC3CCC(C2)N3)n1. The fourth-order valence-corrected chi connectivity index (χ4v) is 3.45. The largest absolute Gasteiger partial charge is 0.369 e. The molecule has 2 atom stereocenters. The van der Waals surface area contributed by atoms with Gasteiger partial charge in [-0.3, -0.25) is 4.68 Å². The summed E-state index contributed by atoms with van der Waals surface area (Å²) in [6, 6.07) is 3.69. The van der Waals surface area contributed by atoms with Crippen molar-refractivity contribution in [1.82, 2.24) is 15.1 Å². The third-order valence-corrected chi connectivity index (χ3v) is 4.39. The Bertz CT molecular complexity index is 375. The van der Waals surface area contributed by atoms with Crippen LogP contribution in [0.1, 0.15) is 39.0 Å². The van der Waals surface area contributed by atoms with Gasteiger partial charge in [-0.15, -0.1) is 0 Å². The first-order valence-corrected chi connectivity index (χ1v) is 7.37. The summed E-state index contributed by atoms with van der Waals surface area (Å²) in [7, 11) is 0. The minimum atomic E-state index is 0.813. The smallest absolute Gasteiger partial charge is 0.147 e. The molecule has 2 aliphatic heterocycles. The Labute approximate surface area is 109 Å². The molecule has 2 N–H and O–H groups in total. The molecule has 2 bridgehead atoms. The van der Waals surface area contributed by atoms with Gasteiger partial charge in [-0.05, 0) is 44.9 Å². The molecule has 0 aliphatic carbocycles. The van der Waals surface area contributed by atoms with Gasteiger partial charge in [0, 0.05) is 37.4 Å². The van der Waals surface area contributed by atoms with Crippen molar-refractivity contribution in [1.29, 1.82) is 0 Å². The molecule has 0 radical (unpaired) electrons. The maximum atomic E-state index is 4.45. The molecule has 0 saturated carbocycles. The van der Waals surface area contributed by atoms with E-state index in [1.165, 1.54) is 32.1 Å². The van der Waals surface area contributed by atoms with Crippen molar-refractivity contribution in [3.05, 3.63) is 12.3 Å².